The number of benzene rings is 2. The number of halogens is 2. The summed E-state index contributed by atoms with van der Waals surface area (Å²) in [6.45, 7) is -0.904. The number of oxime groups is 1. The topological polar surface area (TPSA) is 59.7 Å². The van der Waals surface area contributed by atoms with Crippen LogP contribution in [0.5, 0.6) is 0 Å². The highest BCUT2D eigenvalue weighted by Gasteiger charge is 2.23. The number of rotatable bonds is 5. The van der Waals surface area contributed by atoms with Gasteiger partial charge in [0, 0.05) is 12.2 Å². The quantitative estimate of drug-likeness (QED) is 0.479. The van der Waals surface area contributed by atoms with E-state index in [1.807, 2.05) is 24.3 Å². The summed E-state index contributed by atoms with van der Waals surface area (Å²) in [6, 6.07) is 14.4. The molecule has 1 amide bonds. The largest absolute Gasteiger partial charge is 0.385 e. The number of carbonyl (C=O) groups excluding carboxylic acids is 1. The normalized spacial score (nSPS) is 14.3. The van der Waals surface area contributed by atoms with E-state index in [9.17, 15) is 13.6 Å². The van der Waals surface area contributed by atoms with Gasteiger partial charge in [0.05, 0.1) is 11.0 Å². The van der Waals surface area contributed by atoms with Gasteiger partial charge in [-0.05, 0) is 43.5 Å². The van der Waals surface area contributed by atoms with Gasteiger partial charge in [-0.15, -0.1) is 0 Å². The zero-order valence-corrected chi connectivity index (χ0v) is 15.9. The molecule has 2 heterocycles. The number of hydrogen-bond donors (Lipinski definition) is 0. The summed E-state index contributed by atoms with van der Waals surface area (Å²) in [5.41, 5.74) is 2.93. The third-order valence-electron chi connectivity index (χ3n) is 4.92. The molecule has 0 radical (unpaired) electrons. The van der Waals surface area contributed by atoms with Crippen LogP contribution in [0.4, 0.5) is 14.5 Å². The number of fused-ring (bicyclic) bond motifs is 2. The molecule has 6 nitrogen and oxygen atoms in total. The first-order valence-corrected chi connectivity index (χ1v) is 9.36. The maximum absolute atomic E-state index is 13.6. The minimum Gasteiger partial charge on any atom is -0.385 e. The van der Waals surface area contributed by atoms with Crippen LogP contribution in [0.15, 0.2) is 53.7 Å². The first-order valence-electron chi connectivity index (χ1n) is 9.36. The minimum atomic E-state index is -2.77. The van der Waals surface area contributed by atoms with Gasteiger partial charge in [0.2, 0.25) is 0 Å². The van der Waals surface area contributed by atoms with Gasteiger partial charge in [0.25, 0.3) is 5.91 Å². The molecular formula is C21H20F2N4O2. The maximum Gasteiger partial charge on any atom is 0.320 e. The van der Waals surface area contributed by atoms with Crippen molar-refractivity contribution < 1.29 is 18.4 Å². The number of carbonyl (C=O) groups is 1. The molecule has 0 bridgehead atoms. The van der Waals surface area contributed by atoms with Crippen molar-refractivity contribution in [1.29, 1.82) is 0 Å². The molecule has 4 rings (SSSR count). The lowest BCUT2D eigenvalue weighted by Gasteiger charge is -2.29. The zero-order valence-electron chi connectivity index (χ0n) is 15.9. The Morgan fingerprint density at radius 1 is 1.21 bits per heavy atom. The number of alkyl halides is 2. The number of nitrogens with zero attached hydrogens (tertiary/aromatic N) is 4. The van der Waals surface area contributed by atoms with Gasteiger partial charge in [0.1, 0.15) is 5.71 Å². The average Bonchev–Trinajstić information content (AvgIpc) is 3.13. The number of para-hydroxylation sites is 3. The van der Waals surface area contributed by atoms with Crippen LogP contribution in [-0.2, 0) is 16.1 Å². The van der Waals surface area contributed by atoms with Gasteiger partial charge >= 0.3 is 6.55 Å². The molecule has 1 aliphatic rings. The standard InChI is InChI=1S/C21H20F2N4O2/c1-14(20-24-16-9-3-5-11-18(16)27(20)21(22)23)25-29-13-19(28)26-12-6-8-15-7-2-4-10-17(15)26/h2-5,7,9-11,21H,6,8,12-13H2,1H3/b25-14+. The average molecular weight is 398 g/mol. The van der Waals surface area contributed by atoms with Gasteiger partial charge in [-0.1, -0.05) is 35.5 Å². The van der Waals surface area contributed by atoms with Crippen molar-refractivity contribution in [2.24, 2.45) is 5.16 Å². The van der Waals surface area contributed by atoms with Crippen molar-refractivity contribution >= 4 is 28.3 Å². The molecule has 0 saturated heterocycles. The van der Waals surface area contributed by atoms with Gasteiger partial charge in [-0.2, -0.15) is 8.78 Å². The van der Waals surface area contributed by atoms with E-state index >= 15 is 0 Å². The number of aryl methyl sites for hydroxylation is 1. The Hall–Kier alpha value is -3.29. The third kappa shape index (κ3) is 3.70. The van der Waals surface area contributed by atoms with Gasteiger partial charge in [0.15, 0.2) is 12.4 Å². The Balaban J connectivity index is 1.50. The molecule has 1 aliphatic heterocycles. The number of amides is 1. The fraction of sp³-hybridized carbons (Fsp3) is 0.286. The Kier molecular flexibility index (Phi) is 5.24. The highest BCUT2D eigenvalue weighted by atomic mass is 19.3. The van der Waals surface area contributed by atoms with Crippen molar-refractivity contribution in [1.82, 2.24) is 9.55 Å². The van der Waals surface area contributed by atoms with E-state index in [0.29, 0.717) is 17.6 Å². The van der Waals surface area contributed by atoms with Crippen molar-refractivity contribution in [2.45, 2.75) is 26.3 Å². The molecule has 0 fully saturated rings. The fourth-order valence-corrected chi connectivity index (χ4v) is 3.59. The summed E-state index contributed by atoms with van der Waals surface area (Å²) >= 11 is 0. The van der Waals surface area contributed by atoms with E-state index in [1.165, 1.54) is 6.92 Å². The van der Waals surface area contributed by atoms with Crippen molar-refractivity contribution in [2.75, 3.05) is 18.1 Å². The molecule has 150 valence electrons. The molecule has 0 saturated carbocycles. The molecule has 3 aromatic rings. The molecule has 1 aromatic heterocycles. The van der Waals surface area contributed by atoms with Gasteiger partial charge in [-0.25, -0.2) is 4.98 Å². The molecule has 29 heavy (non-hydrogen) atoms. The van der Waals surface area contributed by atoms with Crippen LogP contribution >= 0.6 is 0 Å². The van der Waals surface area contributed by atoms with Crippen molar-refractivity contribution in [3.8, 4) is 0 Å². The molecule has 0 unspecified atom stereocenters. The SMILES string of the molecule is C/C(=N\OCC(=O)N1CCCc2ccccc21)c1nc2ccccc2n1C(F)F. The van der Waals surface area contributed by atoms with Crippen LogP contribution in [0.1, 0.15) is 31.3 Å². The highest BCUT2D eigenvalue weighted by Crippen LogP contribution is 2.27. The van der Waals surface area contributed by atoms with Crippen molar-refractivity contribution in [3.63, 3.8) is 0 Å². The lowest BCUT2D eigenvalue weighted by molar-refractivity contribution is -0.123. The first kappa shape index (κ1) is 19.0. The van der Waals surface area contributed by atoms with Crippen LogP contribution in [0.2, 0.25) is 0 Å². The molecule has 0 N–H and O–H groups in total. The minimum absolute atomic E-state index is 0.0111. The van der Waals surface area contributed by atoms with E-state index in [-0.39, 0.29) is 24.1 Å². The van der Waals surface area contributed by atoms with Crippen LogP contribution < -0.4 is 4.90 Å². The Labute approximate surface area is 166 Å². The first-order chi connectivity index (χ1) is 14.1. The molecule has 0 atom stereocenters. The van der Waals surface area contributed by atoms with E-state index in [4.69, 9.17) is 4.84 Å². The summed E-state index contributed by atoms with van der Waals surface area (Å²) in [4.78, 5) is 23.7. The molecule has 8 heteroatoms. The lowest BCUT2D eigenvalue weighted by Crippen LogP contribution is -2.37. The number of imidazole rings is 1. The summed E-state index contributed by atoms with van der Waals surface area (Å²) in [7, 11) is 0. The second kappa shape index (κ2) is 7.98. The Morgan fingerprint density at radius 2 is 1.97 bits per heavy atom. The molecule has 0 aliphatic carbocycles. The van der Waals surface area contributed by atoms with Crippen LogP contribution in [0.25, 0.3) is 11.0 Å². The van der Waals surface area contributed by atoms with Gasteiger partial charge in [-0.3, -0.25) is 9.36 Å². The number of aromatic nitrogens is 2. The third-order valence-corrected chi connectivity index (χ3v) is 4.92. The van der Waals surface area contributed by atoms with Crippen LogP contribution in [-0.4, -0.2) is 34.3 Å². The van der Waals surface area contributed by atoms with Crippen LogP contribution in [0, 0.1) is 0 Å². The number of anilines is 1. The Morgan fingerprint density at radius 3 is 2.79 bits per heavy atom. The summed E-state index contributed by atoms with van der Waals surface area (Å²) in [5, 5.41) is 3.88. The zero-order chi connectivity index (χ0) is 20.4. The van der Waals surface area contributed by atoms with E-state index < -0.39 is 6.55 Å². The lowest BCUT2D eigenvalue weighted by atomic mass is 10.0. The molecule has 0 spiro atoms. The summed E-state index contributed by atoms with van der Waals surface area (Å²) in [6.07, 6.45) is 1.81. The van der Waals surface area contributed by atoms with Crippen LogP contribution in [0.3, 0.4) is 0 Å². The second-order valence-corrected chi connectivity index (χ2v) is 6.80. The molecule has 2 aromatic carbocycles. The van der Waals surface area contributed by atoms with Gasteiger partial charge < -0.3 is 9.74 Å². The predicted octanol–water partition coefficient (Wildman–Crippen LogP) is 4.15. The van der Waals surface area contributed by atoms with Crippen molar-refractivity contribution in [3.05, 3.63) is 59.9 Å². The summed E-state index contributed by atoms with van der Waals surface area (Å²) < 4.78 is 27.9. The summed E-state index contributed by atoms with van der Waals surface area (Å²) in [5.74, 6) is -0.215. The Bertz CT molecular complexity index is 1080. The van der Waals surface area contributed by atoms with E-state index in [0.717, 1.165) is 28.7 Å². The monoisotopic (exact) mass is 398 g/mol. The van der Waals surface area contributed by atoms with E-state index in [2.05, 4.69) is 10.1 Å². The fourth-order valence-electron chi connectivity index (χ4n) is 3.59. The highest BCUT2D eigenvalue weighted by molar-refractivity contribution is 5.99. The van der Waals surface area contributed by atoms with E-state index in [1.54, 1.807) is 29.2 Å². The smallest absolute Gasteiger partial charge is 0.320 e. The maximum atomic E-state index is 13.6. The second-order valence-electron chi connectivity index (χ2n) is 6.80. The predicted molar refractivity (Wildman–Crippen MR) is 106 cm³/mol. The molecular weight excluding hydrogens is 378 g/mol. The number of hydrogen-bond acceptors (Lipinski definition) is 4.